The second kappa shape index (κ2) is 13.2. The van der Waals surface area contributed by atoms with E-state index in [4.69, 9.17) is 22.1 Å². The Balaban J connectivity index is 1.32. The van der Waals surface area contributed by atoms with Crippen LogP contribution in [-0.2, 0) is 21.5 Å². The molecule has 0 aromatic heterocycles. The summed E-state index contributed by atoms with van der Waals surface area (Å²) in [5.41, 5.74) is 6.05. The van der Waals surface area contributed by atoms with E-state index in [9.17, 15) is 36.5 Å². The van der Waals surface area contributed by atoms with Gasteiger partial charge in [-0.05, 0) is 54.4 Å². The van der Waals surface area contributed by atoms with Gasteiger partial charge in [0.05, 0.1) is 23.2 Å². The summed E-state index contributed by atoms with van der Waals surface area (Å²) >= 11 is 6.35. The molecule has 2 aliphatic rings. The number of benzene rings is 3. The largest absolute Gasteiger partial charge is 0.483 e. The molecular weight excluding hydrogens is 643 g/mol. The van der Waals surface area contributed by atoms with Gasteiger partial charge in [-0.1, -0.05) is 35.9 Å². The number of primary amides is 1. The van der Waals surface area contributed by atoms with E-state index in [0.29, 0.717) is 31.1 Å². The number of carbonyl (C=O) groups excluding carboxylic acids is 4. The maximum atomic E-state index is 13.3. The van der Waals surface area contributed by atoms with Crippen LogP contribution in [0, 0.1) is 5.82 Å². The normalized spacial score (nSPS) is 17.6. The Morgan fingerprint density at radius 2 is 1.70 bits per heavy atom. The van der Waals surface area contributed by atoms with E-state index in [2.05, 4.69) is 4.90 Å². The van der Waals surface area contributed by atoms with Crippen LogP contribution in [0.2, 0.25) is 5.02 Å². The number of hydrogen-bond donors (Lipinski definition) is 2. The van der Waals surface area contributed by atoms with E-state index in [-0.39, 0.29) is 44.9 Å². The third kappa shape index (κ3) is 6.89. The van der Waals surface area contributed by atoms with Gasteiger partial charge in [0.1, 0.15) is 16.8 Å². The number of ether oxygens (including phenoxy) is 1. The molecular formula is C31H30ClFN4O8S. The number of imide groups is 1. The molecule has 3 aromatic rings. The lowest BCUT2D eigenvalue weighted by molar-refractivity contribution is -0.138. The summed E-state index contributed by atoms with van der Waals surface area (Å²) in [7, 11) is -5.00. The first-order valence-electron chi connectivity index (χ1n) is 14.2. The fourth-order valence-electron chi connectivity index (χ4n) is 5.67. The van der Waals surface area contributed by atoms with Crippen molar-refractivity contribution < 1.29 is 41.3 Å². The fourth-order valence-corrected chi connectivity index (χ4v) is 6.88. The molecule has 4 amide bonds. The van der Waals surface area contributed by atoms with Crippen molar-refractivity contribution in [3.63, 3.8) is 0 Å². The van der Waals surface area contributed by atoms with Crippen molar-refractivity contribution in [1.29, 1.82) is 0 Å². The highest BCUT2D eigenvalue weighted by Gasteiger charge is 2.40. The molecule has 2 heterocycles. The maximum absolute atomic E-state index is 13.3. The Kier molecular flexibility index (Phi) is 9.44. The SMILES string of the molecule is CC1CN(Cc2ccc(F)cc2)CCN1C(=O)COc1cc(C(CN2C(=O)c3ccccc3C2=O)S(=O)(=O)O)c(Cl)cc1C(N)=O. The number of nitrogens with zero attached hydrogens (tertiary/aromatic N) is 3. The van der Waals surface area contributed by atoms with Crippen LogP contribution in [-0.4, -0.2) is 90.1 Å². The molecule has 0 saturated carbocycles. The molecule has 12 nitrogen and oxygen atoms in total. The van der Waals surface area contributed by atoms with Crippen molar-refractivity contribution in [2.45, 2.75) is 24.8 Å². The zero-order chi connectivity index (χ0) is 33.3. The molecule has 2 unspecified atom stereocenters. The standard InChI is InChI=1S/C31H30ClFN4O8S/c1-18-14-35(15-19-6-8-20(33)9-7-19)10-11-36(18)28(38)17-45-26-13-23(25(32)12-24(26)29(34)39)27(46(42,43)44)16-37-30(40)21-4-2-3-5-22(21)31(37)41/h2-9,12-13,18,27H,10-11,14-17H2,1H3,(H2,34,39)(H,42,43,44). The van der Waals surface area contributed by atoms with Crippen molar-refractivity contribution in [2.75, 3.05) is 32.8 Å². The predicted octanol–water partition coefficient (Wildman–Crippen LogP) is 2.91. The van der Waals surface area contributed by atoms with E-state index in [1.54, 1.807) is 29.2 Å². The fraction of sp³-hybridized carbons (Fsp3) is 0.290. The Labute approximate surface area is 269 Å². The number of piperazine rings is 1. The molecule has 0 radical (unpaired) electrons. The Hall–Kier alpha value is -4.37. The van der Waals surface area contributed by atoms with Crippen molar-refractivity contribution in [3.05, 3.63) is 99.3 Å². The molecule has 5 rings (SSSR count). The molecule has 1 fully saturated rings. The van der Waals surface area contributed by atoms with Gasteiger partial charge >= 0.3 is 0 Å². The molecule has 0 spiro atoms. The lowest BCUT2D eigenvalue weighted by Gasteiger charge is -2.40. The second-order valence-electron chi connectivity index (χ2n) is 11.1. The molecule has 2 atom stereocenters. The lowest BCUT2D eigenvalue weighted by Crippen LogP contribution is -2.54. The van der Waals surface area contributed by atoms with Crippen LogP contribution in [0.15, 0.2) is 60.7 Å². The Morgan fingerprint density at radius 1 is 1.07 bits per heavy atom. The van der Waals surface area contributed by atoms with Gasteiger partial charge in [-0.2, -0.15) is 8.42 Å². The van der Waals surface area contributed by atoms with Gasteiger partial charge in [-0.25, -0.2) is 4.39 Å². The highest BCUT2D eigenvalue weighted by atomic mass is 35.5. The molecule has 46 heavy (non-hydrogen) atoms. The van der Waals surface area contributed by atoms with E-state index >= 15 is 0 Å². The summed E-state index contributed by atoms with van der Waals surface area (Å²) in [5.74, 6) is -3.52. The maximum Gasteiger partial charge on any atom is 0.273 e. The first-order chi connectivity index (χ1) is 21.7. The van der Waals surface area contributed by atoms with E-state index in [0.717, 1.165) is 17.7 Å². The van der Waals surface area contributed by atoms with Gasteiger partial charge < -0.3 is 15.4 Å². The summed E-state index contributed by atoms with van der Waals surface area (Å²) in [6.07, 6.45) is 0. The summed E-state index contributed by atoms with van der Waals surface area (Å²) in [5, 5.41) is -2.23. The van der Waals surface area contributed by atoms with Crippen molar-refractivity contribution in [3.8, 4) is 5.75 Å². The third-order valence-corrected chi connectivity index (χ3v) is 9.45. The molecule has 15 heteroatoms. The first-order valence-corrected chi connectivity index (χ1v) is 16.1. The Bertz CT molecular complexity index is 1790. The van der Waals surface area contributed by atoms with Crippen LogP contribution in [0.5, 0.6) is 5.75 Å². The average molecular weight is 673 g/mol. The average Bonchev–Trinajstić information content (AvgIpc) is 3.24. The number of hydrogen-bond acceptors (Lipinski definition) is 8. The number of carbonyl (C=O) groups is 4. The van der Waals surface area contributed by atoms with Gasteiger partial charge in [0.15, 0.2) is 6.61 Å². The van der Waals surface area contributed by atoms with Crippen molar-refractivity contribution in [1.82, 2.24) is 14.7 Å². The predicted molar refractivity (Wildman–Crippen MR) is 164 cm³/mol. The van der Waals surface area contributed by atoms with Gasteiger partial charge in [0, 0.05) is 37.2 Å². The van der Waals surface area contributed by atoms with Crippen LogP contribution >= 0.6 is 11.6 Å². The molecule has 1 saturated heterocycles. The van der Waals surface area contributed by atoms with E-state index < -0.39 is 52.1 Å². The quantitative estimate of drug-likeness (QED) is 0.243. The molecule has 0 aliphatic carbocycles. The molecule has 3 aromatic carbocycles. The van der Waals surface area contributed by atoms with Crippen LogP contribution in [0.4, 0.5) is 4.39 Å². The smallest absolute Gasteiger partial charge is 0.273 e. The topological polar surface area (TPSA) is 168 Å². The summed E-state index contributed by atoms with van der Waals surface area (Å²) in [6, 6.07) is 14.0. The summed E-state index contributed by atoms with van der Waals surface area (Å²) < 4.78 is 54.3. The number of amides is 4. The summed E-state index contributed by atoms with van der Waals surface area (Å²) in [6.45, 7) is 2.55. The zero-order valence-electron chi connectivity index (χ0n) is 24.6. The third-order valence-electron chi connectivity index (χ3n) is 8.00. The minimum atomic E-state index is -5.00. The van der Waals surface area contributed by atoms with Crippen LogP contribution in [0.1, 0.15) is 54.4 Å². The first kappa shape index (κ1) is 33.0. The van der Waals surface area contributed by atoms with Gasteiger partial charge in [-0.3, -0.25) is 33.5 Å². The van der Waals surface area contributed by atoms with E-state index in [1.165, 1.54) is 24.3 Å². The lowest BCUT2D eigenvalue weighted by atomic mass is 10.1. The zero-order valence-corrected chi connectivity index (χ0v) is 26.1. The monoisotopic (exact) mass is 672 g/mol. The van der Waals surface area contributed by atoms with Gasteiger partial charge in [-0.15, -0.1) is 0 Å². The van der Waals surface area contributed by atoms with E-state index in [1.807, 2.05) is 6.92 Å². The van der Waals surface area contributed by atoms with Gasteiger partial charge in [0.25, 0.3) is 33.7 Å². The highest BCUT2D eigenvalue weighted by molar-refractivity contribution is 7.86. The van der Waals surface area contributed by atoms with Crippen molar-refractivity contribution in [2.24, 2.45) is 5.73 Å². The molecule has 2 aliphatic heterocycles. The van der Waals surface area contributed by atoms with Crippen LogP contribution < -0.4 is 10.5 Å². The van der Waals surface area contributed by atoms with Gasteiger partial charge in [0.2, 0.25) is 0 Å². The number of nitrogens with two attached hydrogens (primary N) is 1. The molecule has 242 valence electrons. The molecule has 3 N–H and O–H groups in total. The molecule has 0 bridgehead atoms. The minimum absolute atomic E-state index is 0.0739. The summed E-state index contributed by atoms with van der Waals surface area (Å²) in [4.78, 5) is 55.7. The van der Waals surface area contributed by atoms with Crippen LogP contribution in [0.3, 0.4) is 0 Å². The second-order valence-corrected chi connectivity index (χ2v) is 13.1. The number of rotatable bonds is 10. The Morgan fingerprint density at radius 3 is 2.26 bits per heavy atom. The number of halogens is 2. The highest BCUT2D eigenvalue weighted by Crippen LogP contribution is 2.36. The van der Waals surface area contributed by atoms with Crippen LogP contribution in [0.25, 0.3) is 0 Å². The minimum Gasteiger partial charge on any atom is -0.483 e. The number of fused-ring (bicyclic) bond motifs is 1. The van der Waals surface area contributed by atoms with Crippen molar-refractivity contribution >= 4 is 45.3 Å².